The Bertz CT molecular complexity index is 826. The zero-order valence-electron chi connectivity index (χ0n) is 16.3. The molecule has 2 N–H and O–H groups in total. The van der Waals surface area contributed by atoms with Gasteiger partial charge in [0.1, 0.15) is 24.1 Å². The number of rotatable bonds is 9. The average molecular weight is 416 g/mol. The van der Waals surface area contributed by atoms with E-state index >= 15 is 0 Å². The van der Waals surface area contributed by atoms with Gasteiger partial charge in [-0.05, 0) is 35.4 Å². The molecule has 154 valence electrons. The standard InChI is InChI=1S/C21H24N2O5S/c1-26-16-7-3-14(4-8-16)11-28-21(25)23-19-18(22-20(19)24)13-29-12-15-5-9-17(27-2)10-6-15/h3-10,18-19H,11-13H2,1-2H3,(H,22,24)(H,23,25). The second kappa shape index (κ2) is 10.1. The number of methoxy groups -OCH3 is 2. The number of carbonyl (C=O) groups excluding carboxylic acids is 2. The molecule has 2 atom stereocenters. The third-order valence-electron chi connectivity index (χ3n) is 4.54. The lowest BCUT2D eigenvalue weighted by Crippen LogP contribution is -2.70. The molecule has 1 heterocycles. The Hall–Kier alpha value is -2.87. The van der Waals surface area contributed by atoms with Gasteiger partial charge in [-0.3, -0.25) is 4.79 Å². The lowest BCUT2D eigenvalue weighted by molar-refractivity contribution is -0.130. The van der Waals surface area contributed by atoms with Crippen LogP contribution in [-0.2, 0) is 21.9 Å². The number of hydrogen-bond donors (Lipinski definition) is 2. The number of nitrogens with one attached hydrogen (secondary N) is 2. The summed E-state index contributed by atoms with van der Waals surface area (Å²) in [4.78, 5) is 23.8. The lowest BCUT2D eigenvalue weighted by atomic mass is 10.0. The third kappa shape index (κ3) is 5.80. The first-order valence-electron chi connectivity index (χ1n) is 9.16. The van der Waals surface area contributed by atoms with Crippen LogP contribution in [-0.4, -0.2) is 44.1 Å². The van der Waals surface area contributed by atoms with Crippen LogP contribution in [0, 0.1) is 0 Å². The van der Waals surface area contributed by atoms with E-state index in [4.69, 9.17) is 14.2 Å². The second-order valence-electron chi connectivity index (χ2n) is 6.52. The van der Waals surface area contributed by atoms with Crippen molar-refractivity contribution in [1.82, 2.24) is 10.6 Å². The Morgan fingerprint density at radius 2 is 1.59 bits per heavy atom. The monoisotopic (exact) mass is 416 g/mol. The summed E-state index contributed by atoms with van der Waals surface area (Å²) in [6.07, 6.45) is -0.606. The van der Waals surface area contributed by atoms with Gasteiger partial charge < -0.3 is 24.8 Å². The molecular weight excluding hydrogens is 392 g/mol. The van der Waals surface area contributed by atoms with E-state index in [1.807, 2.05) is 36.4 Å². The lowest BCUT2D eigenvalue weighted by Gasteiger charge is -2.36. The molecule has 1 saturated heterocycles. The van der Waals surface area contributed by atoms with Gasteiger partial charge in [-0.1, -0.05) is 24.3 Å². The van der Waals surface area contributed by atoms with E-state index in [9.17, 15) is 9.59 Å². The molecule has 1 fully saturated rings. The molecule has 0 spiro atoms. The summed E-state index contributed by atoms with van der Waals surface area (Å²) in [5.74, 6) is 2.87. The minimum atomic E-state index is -0.606. The highest BCUT2D eigenvalue weighted by Gasteiger charge is 2.40. The van der Waals surface area contributed by atoms with E-state index in [2.05, 4.69) is 10.6 Å². The summed E-state index contributed by atoms with van der Waals surface area (Å²) >= 11 is 1.69. The van der Waals surface area contributed by atoms with Crippen LogP contribution in [0.3, 0.4) is 0 Å². The van der Waals surface area contributed by atoms with E-state index in [1.165, 1.54) is 5.56 Å². The Morgan fingerprint density at radius 1 is 1.00 bits per heavy atom. The highest BCUT2D eigenvalue weighted by molar-refractivity contribution is 7.98. The number of ether oxygens (including phenoxy) is 3. The van der Waals surface area contributed by atoms with E-state index in [-0.39, 0.29) is 18.6 Å². The minimum absolute atomic E-state index is 0.112. The molecule has 29 heavy (non-hydrogen) atoms. The van der Waals surface area contributed by atoms with Crippen LogP contribution in [0.5, 0.6) is 11.5 Å². The average Bonchev–Trinajstić information content (AvgIpc) is 2.76. The Morgan fingerprint density at radius 3 is 2.14 bits per heavy atom. The van der Waals surface area contributed by atoms with Gasteiger partial charge in [0.2, 0.25) is 5.91 Å². The van der Waals surface area contributed by atoms with Crippen LogP contribution in [0.1, 0.15) is 11.1 Å². The number of hydrogen-bond acceptors (Lipinski definition) is 6. The molecule has 1 aliphatic heterocycles. The molecule has 3 rings (SSSR count). The zero-order chi connectivity index (χ0) is 20.6. The molecule has 1 aliphatic rings. The van der Waals surface area contributed by atoms with E-state index in [0.29, 0.717) is 5.75 Å². The molecule has 8 heteroatoms. The maximum Gasteiger partial charge on any atom is 0.408 e. The number of alkyl carbamates (subject to hydrolysis) is 1. The van der Waals surface area contributed by atoms with Gasteiger partial charge in [0.25, 0.3) is 0 Å². The maximum atomic E-state index is 12.0. The SMILES string of the molecule is COc1ccc(COC(=O)NC2C(=O)NC2CSCc2ccc(OC)cc2)cc1. The molecule has 7 nitrogen and oxygen atoms in total. The summed E-state index contributed by atoms with van der Waals surface area (Å²) in [6.45, 7) is 0.126. The van der Waals surface area contributed by atoms with Crippen LogP contribution in [0.15, 0.2) is 48.5 Å². The summed E-state index contributed by atoms with van der Waals surface area (Å²) in [7, 11) is 3.23. The largest absolute Gasteiger partial charge is 0.497 e. The molecule has 0 aliphatic carbocycles. The van der Waals surface area contributed by atoms with E-state index in [1.54, 1.807) is 38.1 Å². The highest BCUT2D eigenvalue weighted by Crippen LogP contribution is 2.20. The number of β-lactam (4-membered cyclic amide) rings is 1. The highest BCUT2D eigenvalue weighted by atomic mass is 32.2. The summed E-state index contributed by atoms with van der Waals surface area (Å²) < 4.78 is 15.5. The van der Waals surface area contributed by atoms with Crippen molar-refractivity contribution in [3.63, 3.8) is 0 Å². The molecule has 0 bridgehead atoms. The predicted octanol–water partition coefficient (Wildman–Crippen LogP) is 2.73. The fourth-order valence-corrected chi connectivity index (χ4v) is 3.89. The molecule has 2 aromatic carbocycles. The molecule has 2 unspecified atom stereocenters. The first-order chi connectivity index (χ1) is 14.1. The van der Waals surface area contributed by atoms with Crippen molar-refractivity contribution in [2.75, 3.05) is 20.0 Å². The van der Waals surface area contributed by atoms with Crippen LogP contribution >= 0.6 is 11.8 Å². The van der Waals surface area contributed by atoms with Crippen LogP contribution in [0.2, 0.25) is 0 Å². The normalized spacial score (nSPS) is 17.7. The fourth-order valence-electron chi connectivity index (χ4n) is 2.81. The second-order valence-corrected chi connectivity index (χ2v) is 7.55. The molecule has 2 aromatic rings. The van der Waals surface area contributed by atoms with Gasteiger partial charge in [-0.25, -0.2) is 4.79 Å². The van der Waals surface area contributed by atoms with Gasteiger partial charge in [0.05, 0.1) is 20.3 Å². The van der Waals surface area contributed by atoms with Crippen molar-refractivity contribution in [2.45, 2.75) is 24.4 Å². The predicted molar refractivity (Wildman–Crippen MR) is 111 cm³/mol. The van der Waals surface area contributed by atoms with E-state index < -0.39 is 12.1 Å². The maximum absolute atomic E-state index is 12.0. The summed E-state index contributed by atoms with van der Waals surface area (Å²) in [5, 5.41) is 5.47. The minimum Gasteiger partial charge on any atom is -0.497 e. The zero-order valence-corrected chi connectivity index (χ0v) is 17.2. The van der Waals surface area contributed by atoms with Gasteiger partial charge in [0, 0.05) is 11.5 Å². The van der Waals surface area contributed by atoms with Gasteiger partial charge in [-0.15, -0.1) is 0 Å². The Kier molecular flexibility index (Phi) is 7.24. The van der Waals surface area contributed by atoms with Crippen molar-refractivity contribution >= 4 is 23.8 Å². The van der Waals surface area contributed by atoms with E-state index in [0.717, 1.165) is 22.8 Å². The van der Waals surface area contributed by atoms with Crippen molar-refractivity contribution in [3.8, 4) is 11.5 Å². The van der Waals surface area contributed by atoms with Crippen molar-refractivity contribution in [2.24, 2.45) is 0 Å². The third-order valence-corrected chi connectivity index (χ3v) is 5.67. The van der Waals surface area contributed by atoms with Crippen molar-refractivity contribution in [3.05, 3.63) is 59.7 Å². The molecule has 0 aromatic heterocycles. The Balaban J connectivity index is 1.39. The summed E-state index contributed by atoms with van der Waals surface area (Å²) in [5.41, 5.74) is 2.01. The topological polar surface area (TPSA) is 85.9 Å². The number of amides is 2. The molecule has 0 saturated carbocycles. The van der Waals surface area contributed by atoms with Crippen molar-refractivity contribution < 1.29 is 23.8 Å². The molecule has 0 radical (unpaired) electrons. The van der Waals surface area contributed by atoms with Crippen LogP contribution in [0.25, 0.3) is 0 Å². The quantitative estimate of drug-likeness (QED) is 0.612. The van der Waals surface area contributed by atoms with Gasteiger partial charge in [-0.2, -0.15) is 11.8 Å². The van der Waals surface area contributed by atoms with Gasteiger partial charge in [0.15, 0.2) is 0 Å². The van der Waals surface area contributed by atoms with Crippen LogP contribution in [0.4, 0.5) is 4.79 Å². The number of benzene rings is 2. The first kappa shape index (κ1) is 20.9. The van der Waals surface area contributed by atoms with Gasteiger partial charge >= 0.3 is 6.09 Å². The molecular formula is C21H24N2O5S. The van der Waals surface area contributed by atoms with Crippen LogP contribution < -0.4 is 20.1 Å². The number of carbonyl (C=O) groups is 2. The Labute approximate surface area is 174 Å². The molecule has 2 amide bonds. The summed E-state index contributed by atoms with van der Waals surface area (Å²) in [6, 6.07) is 14.4. The first-order valence-corrected chi connectivity index (χ1v) is 10.3. The fraction of sp³-hybridized carbons (Fsp3) is 0.333. The smallest absolute Gasteiger partial charge is 0.408 e. The number of thioether (sulfide) groups is 1. The van der Waals surface area contributed by atoms with Crippen molar-refractivity contribution in [1.29, 1.82) is 0 Å².